The van der Waals surface area contributed by atoms with Gasteiger partial charge in [0.05, 0.1) is 34.3 Å². The van der Waals surface area contributed by atoms with Gasteiger partial charge < -0.3 is 5.32 Å². The summed E-state index contributed by atoms with van der Waals surface area (Å²) >= 11 is 0. The zero-order valence-corrected chi connectivity index (χ0v) is 17.5. The topological polar surface area (TPSA) is 81.8 Å². The first kappa shape index (κ1) is 18.9. The maximum atomic E-state index is 11.9. The molecule has 0 amide bonds. The first-order valence-electron chi connectivity index (χ1n) is 9.95. The van der Waals surface area contributed by atoms with Gasteiger partial charge in [0.25, 0.3) is 0 Å². The van der Waals surface area contributed by atoms with Gasteiger partial charge in [-0.1, -0.05) is 30.3 Å². The predicted molar refractivity (Wildman–Crippen MR) is 118 cm³/mol. The summed E-state index contributed by atoms with van der Waals surface area (Å²) < 4.78 is 27.8. The molecule has 4 aromatic rings. The maximum absolute atomic E-state index is 11.9. The van der Waals surface area contributed by atoms with Gasteiger partial charge in [-0.15, -0.1) is 0 Å². The fourth-order valence-corrected chi connectivity index (χ4v) is 6.20. The lowest BCUT2D eigenvalue weighted by molar-refractivity contribution is 0.328. The molecule has 30 heavy (non-hydrogen) atoms. The Morgan fingerprint density at radius 2 is 1.87 bits per heavy atom. The monoisotopic (exact) mass is 421 g/mol. The number of para-hydroxylation sites is 3. The first-order valence-corrected chi connectivity index (χ1v) is 11.8. The van der Waals surface area contributed by atoms with Crippen LogP contribution in [0.5, 0.6) is 0 Å². The van der Waals surface area contributed by atoms with Gasteiger partial charge in [-0.25, -0.2) is 13.4 Å². The molecule has 0 spiro atoms. The van der Waals surface area contributed by atoms with E-state index in [9.17, 15) is 8.42 Å². The lowest BCUT2D eigenvalue weighted by Gasteiger charge is -2.22. The van der Waals surface area contributed by atoms with Crippen molar-refractivity contribution in [2.45, 2.75) is 25.4 Å². The number of hydrogen-bond acceptors (Lipinski definition) is 5. The SMILES string of the molecule is C[C@]1(n2cc(CNc3nc4ccccc4n3-c3ccccc3)cn2)CCS(=O)(=O)C1. The van der Waals surface area contributed by atoms with Crippen molar-refractivity contribution in [3.63, 3.8) is 0 Å². The molecule has 5 rings (SSSR count). The van der Waals surface area contributed by atoms with Crippen LogP contribution in [0.4, 0.5) is 5.95 Å². The van der Waals surface area contributed by atoms with Crippen molar-refractivity contribution in [3.05, 3.63) is 72.6 Å². The van der Waals surface area contributed by atoms with Crippen LogP contribution in [0.2, 0.25) is 0 Å². The molecular formula is C22H23N5O2S. The molecule has 0 bridgehead atoms. The molecule has 1 fully saturated rings. The molecule has 8 heteroatoms. The van der Waals surface area contributed by atoms with Crippen LogP contribution in [0.15, 0.2) is 67.0 Å². The van der Waals surface area contributed by atoms with E-state index in [0.29, 0.717) is 13.0 Å². The first-order chi connectivity index (χ1) is 14.4. The zero-order valence-electron chi connectivity index (χ0n) is 16.7. The smallest absolute Gasteiger partial charge is 0.208 e. The van der Waals surface area contributed by atoms with Gasteiger partial charge in [0.15, 0.2) is 9.84 Å². The van der Waals surface area contributed by atoms with Crippen molar-refractivity contribution in [1.29, 1.82) is 0 Å². The van der Waals surface area contributed by atoms with Crippen molar-refractivity contribution < 1.29 is 8.42 Å². The van der Waals surface area contributed by atoms with Crippen LogP contribution in [-0.2, 0) is 21.9 Å². The third-order valence-corrected chi connectivity index (χ3v) is 7.59. The second kappa shape index (κ2) is 6.98. The van der Waals surface area contributed by atoms with Gasteiger partial charge in [0.2, 0.25) is 5.95 Å². The minimum absolute atomic E-state index is 0.137. The Bertz CT molecular complexity index is 1310. The summed E-state index contributed by atoms with van der Waals surface area (Å²) in [6.45, 7) is 2.50. The van der Waals surface area contributed by atoms with E-state index in [-0.39, 0.29) is 11.5 Å². The third-order valence-electron chi connectivity index (χ3n) is 5.70. The van der Waals surface area contributed by atoms with Gasteiger partial charge in [-0.05, 0) is 37.6 Å². The Kier molecular flexibility index (Phi) is 4.39. The van der Waals surface area contributed by atoms with E-state index < -0.39 is 15.4 Å². The lowest BCUT2D eigenvalue weighted by Crippen LogP contribution is -2.31. The zero-order chi connectivity index (χ0) is 20.8. The molecule has 1 aliphatic rings. The molecule has 0 saturated carbocycles. The minimum atomic E-state index is -2.99. The molecule has 0 aliphatic carbocycles. The quantitative estimate of drug-likeness (QED) is 0.534. The van der Waals surface area contributed by atoms with Crippen LogP contribution in [0.3, 0.4) is 0 Å². The number of sulfone groups is 1. The molecular weight excluding hydrogens is 398 g/mol. The molecule has 7 nitrogen and oxygen atoms in total. The van der Waals surface area contributed by atoms with Crippen LogP contribution >= 0.6 is 0 Å². The Labute approximate surface area is 175 Å². The normalized spacial score (nSPS) is 20.6. The third kappa shape index (κ3) is 3.37. The van der Waals surface area contributed by atoms with Crippen molar-refractivity contribution in [2.75, 3.05) is 16.8 Å². The van der Waals surface area contributed by atoms with Crippen molar-refractivity contribution in [2.24, 2.45) is 0 Å². The molecule has 1 atom stereocenters. The second-order valence-electron chi connectivity index (χ2n) is 8.08. The number of nitrogens with zero attached hydrogens (tertiary/aromatic N) is 4. The fourth-order valence-electron chi connectivity index (χ4n) is 4.08. The molecule has 0 radical (unpaired) electrons. The Balaban J connectivity index is 1.42. The number of aromatic nitrogens is 4. The second-order valence-corrected chi connectivity index (χ2v) is 10.3. The van der Waals surface area contributed by atoms with Gasteiger partial charge in [-0.2, -0.15) is 5.10 Å². The van der Waals surface area contributed by atoms with Crippen LogP contribution in [0.1, 0.15) is 18.9 Å². The highest BCUT2D eigenvalue weighted by Crippen LogP contribution is 2.30. The average molecular weight is 422 g/mol. The van der Waals surface area contributed by atoms with Crippen LogP contribution in [-0.4, -0.2) is 39.3 Å². The summed E-state index contributed by atoms with van der Waals surface area (Å²) in [6.07, 6.45) is 4.32. The standard InChI is InChI=1S/C22H23N5O2S/c1-22(11-12-30(28,29)16-22)26-15-17(14-24-26)13-23-21-25-19-9-5-6-10-20(19)27(21)18-7-3-2-4-8-18/h2-10,14-15H,11-13,16H2,1H3,(H,23,25)/t22-/m0/s1. The molecule has 154 valence electrons. The molecule has 0 unspecified atom stereocenters. The number of rotatable bonds is 5. The van der Waals surface area contributed by atoms with Crippen molar-refractivity contribution in [3.8, 4) is 5.69 Å². The predicted octanol–water partition coefficient (Wildman–Crippen LogP) is 3.37. The molecule has 2 aromatic heterocycles. The molecule has 2 aromatic carbocycles. The summed E-state index contributed by atoms with van der Waals surface area (Å²) in [6, 6.07) is 18.2. The van der Waals surface area contributed by atoms with Gasteiger partial charge in [0.1, 0.15) is 0 Å². The maximum Gasteiger partial charge on any atom is 0.208 e. The summed E-state index contributed by atoms with van der Waals surface area (Å²) in [4.78, 5) is 4.77. The largest absolute Gasteiger partial charge is 0.351 e. The summed E-state index contributed by atoms with van der Waals surface area (Å²) in [5.41, 5.74) is 3.49. The molecule has 1 saturated heterocycles. The van der Waals surface area contributed by atoms with Crippen LogP contribution in [0.25, 0.3) is 16.7 Å². The Morgan fingerprint density at radius 3 is 2.63 bits per heavy atom. The molecule has 3 heterocycles. The number of benzene rings is 2. The van der Waals surface area contributed by atoms with Crippen molar-refractivity contribution in [1.82, 2.24) is 19.3 Å². The molecule has 1 N–H and O–H groups in total. The number of nitrogens with one attached hydrogen (secondary N) is 1. The van der Waals surface area contributed by atoms with E-state index in [4.69, 9.17) is 4.98 Å². The van der Waals surface area contributed by atoms with Gasteiger partial charge in [-0.3, -0.25) is 9.25 Å². The average Bonchev–Trinajstić information content (AvgIpc) is 3.43. The van der Waals surface area contributed by atoms with E-state index in [1.54, 1.807) is 10.9 Å². The summed E-state index contributed by atoms with van der Waals surface area (Å²) in [5, 5.41) is 7.89. The highest BCUT2D eigenvalue weighted by atomic mass is 32.2. The number of hydrogen-bond donors (Lipinski definition) is 1. The van der Waals surface area contributed by atoms with E-state index in [1.165, 1.54) is 0 Å². The van der Waals surface area contributed by atoms with Crippen LogP contribution in [0, 0.1) is 0 Å². The molecule has 1 aliphatic heterocycles. The van der Waals surface area contributed by atoms with Gasteiger partial charge in [0, 0.05) is 24.0 Å². The fraction of sp³-hybridized carbons (Fsp3) is 0.273. The van der Waals surface area contributed by atoms with E-state index in [1.807, 2.05) is 49.5 Å². The van der Waals surface area contributed by atoms with Crippen LogP contribution < -0.4 is 5.32 Å². The van der Waals surface area contributed by atoms with Crippen molar-refractivity contribution >= 4 is 26.8 Å². The summed E-state index contributed by atoms with van der Waals surface area (Å²) in [5.74, 6) is 1.11. The number of anilines is 1. The number of fused-ring (bicyclic) bond motifs is 1. The Hall–Kier alpha value is -3.13. The minimum Gasteiger partial charge on any atom is -0.351 e. The number of imidazole rings is 1. The van der Waals surface area contributed by atoms with E-state index >= 15 is 0 Å². The highest BCUT2D eigenvalue weighted by Gasteiger charge is 2.40. The lowest BCUT2D eigenvalue weighted by atomic mass is 10.0. The highest BCUT2D eigenvalue weighted by molar-refractivity contribution is 7.91. The van der Waals surface area contributed by atoms with E-state index in [0.717, 1.165) is 28.2 Å². The Morgan fingerprint density at radius 1 is 1.10 bits per heavy atom. The van der Waals surface area contributed by atoms with E-state index in [2.05, 4.69) is 33.2 Å². The summed E-state index contributed by atoms with van der Waals surface area (Å²) in [7, 11) is -2.99. The van der Waals surface area contributed by atoms with Gasteiger partial charge >= 0.3 is 0 Å².